The van der Waals surface area contributed by atoms with Crippen LogP contribution in [0.4, 0.5) is 0 Å². The van der Waals surface area contributed by atoms with Crippen molar-refractivity contribution in [2.45, 2.75) is 6.92 Å². The van der Waals surface area contributed by atoms with E-state index in [4.69, 9.17) is 5.73 Å². The Morgan fingerprint density at radius 3 is 2.45 bits per heavy atom. The lowest BCUT2D eigenvalue weighted by Gasteiger charge is -2.02. The molecule has 0 atom stereocenters. The number of carbonyl (C=O) groups excluding carboxylic acids is 1. The fraction of sp³-hybridized carbons (Fsp3) is 0.429. The predicted molar refractivity (Wildman–Crippen MR) is 45.1 cm³/mol. The van der Waals surface area contributed by atoms with Gasteiger partial charge in [-0.15, -0.1) is 0 Å². The highest BCUT2D eigenvalue weighted by atomic mass is 16.1. The zero-order valence-corrected chi connectivity index (χ0v) is 7.03. The van der Waals surface area contributed by atoms with Crippen LogP contribution in [0.5, 0.6) is 0 Å². The van der Waals surface area contributed by atoms with E-state index in [-0.39, 0.29) is 0 Å². The number of allylic oxidation sites excluding steroid dienone is 2. The number of rotatable bonds is 3. The van der Waals surface area contributed by atoms with Crippen LogP contribution in [0, 0.1) is 0 Å². The van der Waals surface area contributed by atoms with Gasteiger partial charge in [0.2, 0.25) is 0 Å². The third kappa shape index (κ3) is 4.13. The van der Waals surface area contributed by atoms with Crippen LogP contribution in [0.2, 0.25) is 0 Å². The zero-order chi connectivity index (χ0) is 8.85. The third-order valence-corrected chi connectivity index (χ3v) is 1.06. The minimum Gasteiger partial charge on any atom is -0.397 e. The van der Waals surface area contributed by atoms with Gasteiger partial charge in [0, 0.05) is 19.7 Å². The average molecular weight is 155 g/mol. The minimum atomic E-state index is 0.397. The van der Waals surface area contributed by atoms with Crippen LogP contribution in [0.25, 0.3) is 0 Å². The van der Waals surface area contributed by atoms with Crippen LogP contribution < -0.4 is 5.73 Å². The maximum absolute atomic E-state index is 10.2. The van der Waals surface area contributed by atoms with Gasteiger partial charge >= 0.3 is 0 Å². The molecule has 0 rings (SSSR count). The summed E-state index contributed by atoms with van der Waals surface area (Å²) in [5.74, 6) is 0. The standard InChI is InChI=1S/C7H13N3O/c1-6(5-11)7(8)4-9-10(2)3/h4-5H,8H2,1-3H3/b7-6+,9-4-. The molecule has 0 saturated carbocycles. The zero-order valence-electron chi connectivity index (χ0n) is 7.03. The van der Waals surface area contributed by atoms with E-state index >= 15 is 0 Å². The monoisotopic (exact) mass is 155 g/mol. The first-order chi connectivity index (χ1) is 5.07. The maximum Gasteiger partial charge on any atom is 0.147 e. The summed E-state index contributed by atoms with van der Waals surface area (Å²) in [5.41, 5.74) is 6.34. The summed E-state index contributed by atoms with van der Waals surface area (Å²) in [5, 5.41) is 5.46. The van der Waals surface area contributed by atoms with Crippen molar-refractivity contribution in [2.24, 2.45) is 10.8 Å². The minimum absolute atomic E-state index is 0.397. The summed E-state index contributed by atoms with van der Waals surface area (Å²) in [7, 11) is 3.56. The Balaban J connectivity index is 4.26. The number of carbonyl (C=O) groups is 1. The molecule has 0 aromatic carbocycles. The number of aldehydes is 1. The van der Waals surface area contributed by atoms with Gasteiger partial charge in [0.25, 0.3) is 0 Å². The first-order valence-electron chi connectivity index (χ1n) is 3.20. The van der Waals surface area contributed by atoms with Gasteiger partial charge in [0.15, 0.2) is 0 Å². The van der Waals surface area contributed by atoms with Crippen molar-refractivity contribution < 1.29 is 4.79 Å². The highest BCUT2D eigenvalue weighted by molar-refractivity contribution is 5.87. The molecule has 0 saturated heterocycles. The number of hydrogen-bond donors (Lipinski definition) is 1. The van der Waals surface area contributed by atoms with Gasteiger partial charge in [0.05, 0.1) is 11.9 Å². The molecule has 2 N–H and O–H groups in total. The molecule has 0 bridgehead atoms. The van der Waals surface area contributed by atoms with E-state index in [9.17, 15) is 4.79 Å². The quantitative estimate of drug-likeness (QED) is 0.269. The molecule has 0 aliphatic carbocycles. The molecule has 62 valence electrons. The molecule has 4 heteroatoms. The molecular formula is C7H13N3O. The Labute approximate surface area is 66.4 Å². The van der Waals surface area contributed by atoms with Crippen molar-refractivity contribution in [2.75, 3.05) is 14.1 Å². The molecule has 0 aromatic heterocycles. The second-order valence-electron chi connectivity index (χ2n) is 2.35. The van der Waals surface area contributed by atoms with Gasteiger partial charge in [-0.05, 0) is 6.92 Å². The van der Waals surface area contributed by atoms with Gasteiger partial charge in [-0.3, -0.25) is 4.79 Å². The van der Waals surface area contributed by atoms with Crippen LogP contribution >= 0.6 is 0 Å². The highest BCUT2D eigenvalue weighted by Gasteiger charge is 1.91. The highest BCUT2D eigenvalue weighted by Crippen LogP contribution is 1.90. The number of nitrogens with two attached hydrogens (primary N) is 1. The molecule has 0 fully saturated rings. The van der Waals surface area contributed by atoms with Gasteiger partial charge in [-0.1, -0.05) is 0 Å². The second kappa shape index (κ2) is 4.49. The molecule has 0 amide bonds. The Morgan fingerprint density at radius 2 is 2.09 bits per heavy atom. The fourth-order valence-electron chi connectivity index (χ4n) is 0.348. The Kier molecular flexibility index (Phi) is 3.95. The van der Waals surface area contributed by atoms with Crippen molar-refractivity contribution in [3.05, 3.63) is 11.3 Å². The van der Waals surface area contributed by atoms with E-state index in [2.05, 4.69) is 5.10 Å². The summed E-state index contributed by atoms with van der Waals surface area (Å²) in [6, 6.07) is 0. The first kappa shape index (κ1) is 9.68. The molecule has 0 spiro atoms. The van der Waals surface area contributed by atoms with Gasteiger partial charge in [0.1, 0.15) is 6.29 Å². The SMILES string of the molecule is C/C(C=O)=C(N)/C=N\N(C)C. The molecule has 0 aliphatic heterocycles. The molecule has 0 heterocycles. The summed E-state index contributed by atoms with van der Waals surface area (Å²) in [6.45, 7) is 1.64. The van der Waals surface area contributed by atoms with E-state index in [1.54, 1.807) is 26.0 Å². The molecule has 0 aromatic rings. The number of hydrazone groups is 1. The van der Waals surface area contributed by atoms with E-state index in [1.165, 1.54) is 6.21 Å². The topological polar surface area (TPSA) is 58.7 Å². The number of nitrogens with zero attached hydrogens (tertiary/aromatic N) is 2. The van der Waals surface area contributed by atoms with Crippen LogP contribution in [-0.2, 0) is 4.79 Å². The number of hydrogen-bond acceptors (Lipinski definition) is 4. The average Bonchev–Trinajstić information content (AvgIpc) is 1.98. The fourth-order valence-corrected chi connectivity index (χ4v) is 0.348. The van der Waals surface area contributed by atoms with Gasteiger partial charge < -0.3 is 10.7 Å². The van der Waals surface area contributed by atoms with E-state index in [0.29, 0.717) is 17.6 Å². The summed E-state index contributed by atoms with van der Waals surface area (Å²) >= 11 is 0. The lowest BCUT2D eigenvalue weighted by atomic mass is 10.3. The predicted octanol–water partition coefficient (Wildman–Crippen LogP) is -0.0346. The molecule has 0 unspecified atom stereocenters. The van der Waals surface area contributed by atoms with E-state index < -0.39 is 0 Å². The van der Waals surface area contributed by atoms with Crippen LogP contribution in [-0.4, -0.2) is 31.6 Å². The van der Waals surface area contributed by atoms with E-state index in [0.717, 1.165) is 0 Å². The Bertz CT molecular complexity index is 194. The van der Waals surface area contributed by atoms with Crippen LogP contribution in [0.15, 0.2) is 16.4 Å². The molecular weight excluding hydrogens is 142 g/mol. The van der Waals surface area contributed by atoms with Gasteiger partial charge in [-0.2, -0.15) is 5.10 Å². The lowest BCUT2D eigenvalue weighted by molar-refractivity contribution is -0.104. The largest absolute Gasteiger partial charge is 0.397 e. The van der Waals surface area contributed by atoms with Crippen molar-refractivity contribution in [1.82, 2.24) is 5.01 Å². The molecule has 0 aliphatic rings. The van der Waals surface area contributed by atoms with Gasteiger partial charge in [-0.25, -0.2) is 0 Å². The molecule has 0 radical (unpaired) electrons. The van der Waals surface area contributed by atoms with Crippen molar-refractivity contribution in [3.63, 3.8) is 0 Å². The Hall–Kier alpha value is -1.32. The van der Waals surface area contributed by atoms with Crippen molar-refractivity contribution in [1.29, 1.82) is 0 Å². The second-order valence-corrected chi connectivity index (χ2v) is 2.35. The third-order valence-electron chi connectivity index (χ3n) is 1.06. The van der Waals surface area contributed by atoms with E-state index in [1.807, 2.05) is 0 Å². The lowest BCUT2D eigenvalue weighted by Crippen LogP contribution is -2.08. The van der Waals surface area contributed by atoms with Crippen molar-refractivity contribution >= 4 is 12.5 Å². The normalized spacial score (nSPS) is 13.0. The molecule has 11 heavy (non-hydrogen) atoms. The molecule has 4 nitrogen and oxygen atoms in total. The Morgan fingerprint density at radius 1 is 1.55 bits per heavy atom. The van der Waals surface area contributed by atoms with Crippen LogP contribution in [0.1, 0.15) is 6.92 Å². The van der Waals surface area contributed by atoms with Crippen LogP contribution in [0.3, 0.4) is 0 Å². The van der Waals surface area contributed by atoms with Crippen molar-refractivity contribution in [3.8, 4) is 0 Å². The maximum atomic E-state index is 10.2. The smallest absolute Gasteiger partial charge is 0.147 e. The summed E-state index contributed by atoms with van der Waals surface area (Å²) in [4.78, 5) is 10.2. The summed E-state index contributed by atoms with van der Waals surface area (Å²) < 4.78 is 0. The first-order valence-corrected chi connectivity index (χ1v) is 3.20. The summed E-state index contributed by atoms with van der Waals surface area (Å²) in [6.07, 6.45) is 2.15.